The molecule has 2 amide bonds. The van der Waals surface area contributed by atoms with E-state index in [2.05, 4.69) is 10.6 Å². The third-order valence-corrected chi connectivity index (χ3v) is 3.86. The summed E-state index contributed by atoms with van der Waals surface area (Å²) in [6, 6.07) is 10.7. The highest BCUT2D eigenvalue weighted by atomic mass is 16.4. The van der Waals surface area contributed by atoms with Crippen LogP contribution in [0.4, 0.5) is 0 Å². The molecule has 0 saturated carbocycles. The van der Waals surface area contributed by atoms with Gasteiger partial charge in [-0.05, 0) is 37.1 Å². The van der Waals surface area contributed by atoms with Crippen LogP contribution in [0.15, 0.2) is 48.5 Å². The molecule has 27 heavy (non-hydrogen) atoms. The van der Waals surface area contributed by atoms with Crippen molar-refractivity contribution in [1.82, 2.24) is 10.6 Å². The number of rotatable bonds is 8. The third kappa shape index (κ3) is 5.46. The van der Waals surface area contributed by atoms with Crippen molar-refractivity contribution in [3.63, 3.8) is 0 Å². The van der Waals surface area contributed by atoms with Gasteiger partial charge in [0.1, 0.15) is 17.5 Å². The number of nitrogens with one attached hydrogen (secondary N) is 2. The minimum absolute atomic E-state index is 0.0170. The molecule has 1 unspecified atom stereocenters. The molecule has 0 saturated heterocycles. The molecular weight excluding hydrogens is 352 g/mol. The summed E-state index contributed by atoms with van der Waals surface area (Å²) >= 11 is 0. The van der Waals surface area contributed by atoms with Gasteiger partial charge in [0.05, 0.1) is 11.1 Å². The normalized spacial score (nSPS) is 11.4. The molecular formula is C19H20N2O6. The van der Waals surface area contributed by atoms with Crippen LogP contribution in [-0.2, 0) is 4.79 Å². The lowest BCUT2D eigenvalue weighted by molar-refractivity contribution is -0.139. The Morgan fingerprint density at radius 2 is 1.37 bits per heavy atom. The Morgan fingerprint density at radius 3 is 1.89 bits per heavy atom. The lowest BCUT2D eigenvalue weighted by Gasteiger charge is -2.15. The van der Waals surface area contributed by atoms with Crippen LogP contribution < -0.4 is 10.6 Å². The minimum atomic E-state index is -1.22. The highest BCUT2D eigenvalue weighted by molar-refractivity contribution is 5.98. The van der Waals surface area contributed by atoms with Gasteiger partial charge in [0.2, 0.25) is 0 Å². The summed E-state index contributed by atoms with van der Waals surface area (Å²) in [5.74, 6) is -2.77. The number of phenolic OH excluding ortho intramolecular Hbond substituents is 2. The smallest absolute Gasteiger partial charge is 0.326 e. The number of carboxylic acid groups (broad SMARTS) is 1. The number of carboxylic acids is 1. The van der Waals surface area contributed by atoms with Crippen LogP contribution in [0.5, 0.6) is 11.5 Å². The third-order valence-electron chi connectivity index (χ3n) is 3.86. The Labute approximate surface area is 155 Å². The van der Waals surface area contributed by atoms with E-state index in [9.17, 15) is 29.7 Å². The molecule has 0 aromatic heterocycles. The number of amides is 2. The van der Waals surface area contributed by atoms with Crippen LogP contribution in [0, 0.1) is 0 Å². The molecule has 142 valence electrons. The number of hydrogen-bond donors (Lipinski definition) is 5. The van der Waals surface area contributed by atoms with Gasteiger partial charge in [0.25, 0.3) is 11.8 Å². The van der Waals surface area contributed by atoms with E-state index in [4.69, 9.17) is 0 Å². The highest BCUT2D eigenvalue weighted by Crippen LogP contribution is 2.16. The number of para-hydroxylation sites is 2. The highest BCUT2D eigenvalue weighted by Gasteiger charge is 2.21. The predicted molar refractivity (Wildman–Crippen MR) is 96.7 cm³/mol. The number of phenols is 2. The van der Waals surface area contributed by atoms with Gasteiger partial charge in [-0.25, -0.2) is 4.79 Å². The number of aliphatic carboxylic acids is 1. The van der Waals surface area contributed by atoms with Crippen molar-refractivity contribution in [2.75, 3.05) is 6.54 Å². The maximum Gasteiger partial charge on any atom is 0.326 e. The number of benzene rings is 2. The fraction of sp³-hybridized carbons (Fsp3) is 0.211. The van der Waals surface area contributed by atoms with Gasteiger partial charge in [-0.3, -0.25) is 9.59 Å². The Balaban J connectivity index is 1.85. The monoisotopic (exact) mass is 372 g/mol. The van der Waals surface area contributed by atoms with Crippen LogP contribution >= 0.6 is 0 Å². The van der Waals surface area contributed by atoms with Crippen molar-refractivity contribution in [3.05, 3.63) is 59.7 Å². The van der Waals surface area contributed by atoms with Crippen molar-refractivity contribution in [2.24, 2.45) is 0 Å². The van der Waals surface area contributed by atoms with Gasteiger partial charge in [0.15, 0.2) is 0 Å². The average molecular weight is 372 g/mol. The fourth-order valence-corrected chi connectivity index (χ4v) is 2.43. The molecule has 0 aliphatic heterocycles. The first-order valence-corrected chi connectivity index (χ1v) is 8.28. The second-order valence-corrected chi connectivity index (χ2v) is 5.80. The van der Waals surface area contributed by atoms with Crippen LogP contribution in [0.1, 0.15) is 33.6 Å². The van der Waals surface area contributed by atoms with Crippen LogP contribution in [0.25, 0.3) is 0 Å². The number of carbonyl (C=O) groups excluding carboxylic acids is 2. The molecule has 8 heteroatoms. The summed E-state index contributed by atoms with van der Waals surface area (Å²) in [6.45, 7) is 0.170. The van der Waals surface area contributed by atoms with Crippen molar-refractivity contribution in [1.29, 1.82) is 0 Å². The molecule has 0 radical (unpaired) electrons. The van der Waals surface area contributed by atoms with E-state index in [1.54, 1.807) is 24.3 Å². The van der Waals surface area contributed by atoms with Gasteiger partial charge >= 0.3 is 5.97 Å². The standard InChI is InChI=1S/C19H20N2O6/c22-15-9-3-1-6-12(15)17(24)20-11-5-8-14(19(26)27)21-18(25)13-7-2-4-10-16(13)23/h1-4,6-7,9-10,14,22-23H,5,8,11H2,(H,20,24)(H,21,25)(H,26,27). The van der Waals surface area contributed by atoms with Crippen molar-refractivity contribution in [2.45, 2.75) is 18.9 Å². The summed E-state index contributed by atoms with van der Waals surface area (Å²) in [6.07, 6.45) is 0.368. The maximum absolute atomic E-state index is 12.1. The van der Waals surface area contributed by atoms with Crippen LogP contribution in [0.2, 0.25) is 0 Å². The average Bonchev–Trinajstić information content (AvgIpc) is 2.64. The van der Waals surface area contributed by atoms with Gasteiger partial charge < -0.3 is 26.0 Å². The zero-order valence-electron chi connectivity index (χ0n) is 14.4. The molecule has 2 aromatic carbocycles. The Morgan fingerprint density at radius 1 is 0.852 bits per heavy atom. The van der Waals surface area contributed by atoms with E-state index in [1.165, 1.54) is 24.3 Å². The van der Waals surface area contributed by atoms with E-state index in [0.29, 0.717) is 0 Å². The molecule has 0 aliphatic carbocycles. The molecule has 0 bridgehead atoms. The predicted octanol–water partition coefficient (Wildman–Crippen LogP) is 1.49. The van der Waals surface area contributed by atoms with E-state index in [0.717, 1.165) is 0 Å². The van der Waals surface area contributed by atoms with E-state index in [-0.39, 0.29) is 42.0 Å². The number of hydrogen-bond acceptors (Lipinski definition) is 5. The SMILES string of the molecule is O=C(NCCCC(NC(=O)c1ccccc1O)C(=O)O)c1ccccc1O. The Kier molecular flexibility index (Phi) is 6.76. The van der Waals surface area contributed by atoms with Gasteiger partial charge in [-0.1, -0.05) is 24.3 Å². The zero-order valence-corrected chi connectivity index (χ0v) is 14.4. The molecule has 0 spiro atoms. The quantitative estimate of drug-likeness (QED) is 0.446. The molecule has 2 aromatic rings. The second kappa shape index (κ2) is 9.23. The summed E-state index contributed by atoms with van der Waals surface area (Å²) in [5.41, 5.74) is 0.108. The Hall–Kier alpha value is -3.55. The van der Waals surface area contributed by atoms with E-state index in [1.807, 2.05) is 0 Å². The first-order valence-electron chi connectivity index (χ1n) is 8.28. The van der Waals surface area contributed by atoms with Gasteiger partial charge in [0, 0.05) is 6.54 Å². The van der Waals surface area contributed by atoms with E-state index >= 15 is 0 Å². The lowest BCUT2D eigenvalue weighted by atomic mass is 10.1. The van der Waals surface area contributed by atoms with Crippen molar-refractivity contribution in [3.8, 4) is 11.5 Å². The lowest BCUT2D eigenvalue weighted by Crippen LogP contribution is -2.41. The summed E-state index contributed by atoms with van der Waals surface area (Å²) < 4.78 is 0. The first kappa shape index (κ1) is 19.8. The molecule has 0 aliphatic rings. The van der Waals surface area contributed by atoms with E-state index < -0.39 is 23.8 Å². The molecule has 0 heterocycles. The van der Waals surface area contributed by atoms with Crippen LogP contribution in [-0.4, -0.2) is 45.7 Å². The molecule has 1 atom stereocenters. The summed E-state index contributed by atoms with van der Waals surface area (Å²) in [7, 11) is 0. The topological polar surface area (TPSA) is 136 Å². The molecule has 0 fully saturated rings. The summed E-state index contributed by atoms with van der Waals surface area (Å²) in [4.78, 5) is 35.4. The van der Waals surface area contributed by atoms with Crippen molar-refractivity contribution < 1.29 is 29.7 Å². The van der Waals surface area contributed by atoms with Crippen molar-refractivity contribution >= 4 is 17.8 Å². The minimum Gasteiger partial charge on any atom is -0.507 e. The number of aromatic hydroxyl groups is 2. The zero-order chi connectivity index (χ0) is 19.8. The summed E-state index contributed by atoms with van der Waals surface area (Å²) in [5, 5.41) is 33.5. The molecule has 8 nitrogen and oxygen atoms in total. The Bertz CT molecular complexity index is 836. The fourth-order valence-electron chi connectivity index (χ4n) is 2.43. The largest absolute Gasteiger partial charge is 0.507 e. The maximum atomic E-state index is 12.1. The first-order chi connectivity index (χ1) is 12.9. The van der Waals surface area contributed by atoms with Gasteiger partial charge in [-0.15, -0.1) is 0 Å². The number of carbonyl (C=O) groups is 3. The molecule has 5 N–H and O–H groups in total. The van der Waals surface area contributed by atoms with Crippen LogP contribution in [0.3, 0.4) is 0 Å². The molecule has 2 rings (SSSR count). The second-order valence-electron chi connectivity index (χ2n) is 5.80. The van der Waals surface area contributed by atoms with Gasteiger partial charge in [-0.2, -0.15) is 0 Å².